The van der Waals surface area contributed by atoms with Crippen LogP contribution in [0.4, 0.5) is 5.69 Å². The Bertz CT molecular complexity index is 378. The molecule has 0 spiro atoms. The Morgan fingerprint density at radius 1 is 1.25 bits per heavy atom. The summed E-state index contributed by atoms with van der Waals surface area (Å²) < 4.78 is 11.6. The Hall–Kier alpha value is -1.38. The number of benzene rings is 1. The van der Waals surface area contributed by atoms with Gasteiger partial charge in [0.15, 0.2) is 11.5 Å². The van der Waals surface area contributed by atoms with Crippen LogP contribution in [0.25, 0.3) is 0 Å². The summed E-state index contributed by atoms with van der Waals surface area (Å²) in [6.45, 7) is 6.00. The van der Waals surface area contributed by atoms with Crippen molar-refractivity contribution >= 4 is 5.69 Å². The van der Waals surface area contributed by atoms with E-state index < -0.39 is 0 Å². The van der Waals surface area contributed by atoms with Gasteiger partial charge >= 0.3 is 0 Å². The van der Waals surface area contributed by atoms with E-state index in [0.29, 0.717) is 17.5 Å². The van der Waals surface area contributed by atoms with Gasteiger partial charge in [-0.15, -0.1) is 0 Å². The molecule has 0 aliphatic heterocycles. The number of hydrogen-bond donors (Lipinski definition) is 1. The summed E-state index contributed by atoms with van der Waals surface area (Å²) in [6.07, 6.45) is 2.61. The van der Waals surface area contributed by atoms with Crippen molar-refractivity contribution in [3.63, 3.8) is 0 Å². The van der Waals surface area contributed by atoms with Crippen LogP contribution in [0, 0.1) is 0 Å². The summed E-state index contributed by atoms with van der Waals surface area (Å²) in [6, 6.07) is 5.64. The molecule has 88 valence electrons. The number of anilines is 1. The first-order valence-corrected chi connectivity index (χ1v) is 5.70. The standard InChI is InChI=1S/C13H19NO2/c1-13(2,3)16-12-10(14)5-4-6-11(12)15-9-7-8-9/h4-6,9H,7-8,14H2,1-3H3. The highest BCUT2D eigenvalue weighted by Crippen LogP contribution is 2.39. The minimum atomic E-state index is -0.267. The zero-order chi connectivity index (χ0) is 11.8. The molecule has 1 aliphatic rings. The summed E-state index contributed by atoms with van der Waals surface area (Å²) in [5.41, 5.74) is 6.29. The molecular weight excluding hydrogens is 202 g/mol. The minimum Gasteiger partial charge on any atom is -0.486 e. The molecule has 0 bridgehead atoms. The monoisotopic (exact) mass is 221 g/mol. The van der Waals surface area contributed by atoms with Gasteiger partial charge in [0.1, 0.15) is 5.60 Å². The van der Waals surface area contributed by atoms with E-state index in [-0.39, 0.29) is 5.60 Å². The van der Waals surface area contributed by atoms with Crippen LogP contribution in [-0.4, -0.2) is 11.7 Å². The summed E-state index contributed by atoms with van der Waals surface area (Å²) in [5.74, 6) is 1.43. The molecule has 0 aromatic heterocycles. The molecule has 16 heavy (non-hydrogen) atoms. The highest BCUT2D eigenvalue weighted by Gasteiger charge is 2.26. The highest BCUT2D eigenvalue weighted by molar-refractivity contribution is 5.60. The van der Waals surface area contributed by atoms with Gasteiger partial charge in [0, 0.05) is 0 Å². The van der Waals surface area contributed by atoms with Crippen molar-refractivity contribution in [1.29, 1.82) is 0 Å². The molecular formula is C13H19NO2. The van der Waals surface area contributed by atoms with Crippen molar-refractivity contribution in [3.8, 4) is 11.5 Å². The normalized spacial score (nSPS) is 15.9. The average molecular weight is 221 g/mol. The fourth-order valence-electron chi connectivity index (χ4n) is 1.41. The molecule has 2 rings (SSSR count). The van der Waals surface area contributed by atoms with Crippen LogP contribution in [0.5, 0.6) is 11.5 Å². The lowest BCUT2D eigenvalue weighted by Crippen LogP contribution is -2.24. The predicted molar refractivity (Wildman–Crippen MR) is 64.9 cm³/mol. The van der Waals surface area contributed by atoms with E-state index in [4.69, 9.17) is 15.2 Å². The molecule has 1 aliphatic carbocycles. The number of rotatable bonds is 3. The molecule has 1 aromatic rings. The minimum absolute atomic E-state index is 0.267. The number of nitrogens with two attached hydrogens (primary N) is 1. The Morgan fingerprint density at radius 3 is 2.50 bits per heavy atom. The summed E-state index contributed by atoms with van der Waals surface area (Å²) >= 11 is 0. The lowest BCUT2D eigenvalue weighted by Gasteiger charge is -2.24. The fraction of sp³-hybridized carbons (Fsp3) is 0.538. The quantitative estimate of drug-likeness (QED) is 0.798. The number of hydrogen-bond acceptors (Lipinski definition) is 3. The second-order valence-electron chi connectivity index (χ2n) is 5.21. The van der Waals surface area contributed by atoms with Gasteiger partial charge in [0.2, 0.25) is 0 Å². The van der Waals surface area contributed by atoms with Crippen LogP contribution in [0.3, 0.4) is 0 Å². The smallest absolute Gasteiger partial charge is 0.184 e. The summed E-state index contributed by atoms with van der Waals surface area (Å²) in [7, 11) is 0. The highest BCUT2D eigenvalue weighted by atomic mass is 16.5. The van der Waals surface area contributed by atoms with Gasteiger partial charge in [-0.2, -0.15) is 0 Å². The number of nitrogen functional groups attached to an aromatic ring is 1. The third-order valence-electron chi connectivity index (χ3n) is 2.24. The summed E-state index contributed by atoms with van der Waals surface area (Å²) in [4.78, 5) is 0. The molecule has 0 saturated heterocycles. The summed E-state index contributed by atoms with van der Waals surface area (Å²) in [5, 5.41) is 0. The second-order valence-corrected chi connectivity index (χ2v) is 5.21. The SMILES string of the molecule is CC(C)(C)Oc1c(N)cccc1OC1CC1. The van der Waals surface area contributed by atoms with Gasteiger partial charge in [-0.1, -0.05) is 6.07 Å². The van der Waals surface area contributed by atoms with Crippen LogP contribution in [0.15, 0.2) is 18.2 Å². The molecule has 2 N–H and O–H groups in total. The third-order valence-corrected chi connectivity index (χ3v) is 2.24. The fourth-order valence-corrected chi connectivity index (χ4v) is 1.41. The van der Waals surface area contributed by atoms with E-state index >= 15 is 0 Å². The molecule has 1 saturated carbocycles. The lowest BCUT2D eigenvalue weighted by molar-refractivity contribution is 0.124. The van der Waals surface area contributed by atoms with Crippen LogP contribution in [0.2, 0.25) is 0 Å². The zero-order valence-corrected chi connectivity index (χ0v) is 10.1. The molecule has 1 fully saturated rings. The van der Waals surface area contributed by atoms with Gasteiger partial charge < -0.3 is 15.2 Å². The van der Waals surface area contributed by atoms with Crippen molar-refractivity contribution in [1.82, 2.24) is 0 Å². The van der Waals surface area contributed by atoms with Gasteiger partial charge in [-0.3, -0.25) is 0 Å². The Morgan fingerprint density at radius 2 is 1.94 bits per heavy atom. The second kappa shape index (κ2) is 3.89. The van der Waals surface area contributed by atoms with Crippen molar-refractivity contribution in [3.05, 3.63) is 18.2 Å². The van der Waals surface area contributed by atoms with E-state index in [2.05, 4.69) is 0 Å². The van der Waals surface area contributed by atoms with E-state index in [1.165, 1.54) is 0 Å². The van der Waals surface area contributed by atoms with E-state index in [9.17, 15) is 0 Å². The first-order chi connectivity index (χ1) is 7.46. The predicted octanol–water partition coefficient (Wildman–Crippen LogP) is 2.99. The maximum Gasteiger partial charge on any atom is 0.184 e. The van der Waals surface area contributed by atoms with Gasteiger partial charge in [0.25, 0.3) is 0 Å². The molecule has 0 heterocycles. The third kappa shape index (κ3) is 2.81. The zero-order valence-electron chi connectivity index (χ0n) is 10.1. The molecule has 0 radical (unpaired) electrons. The van der Waals surface area contributed by atoms with Crippen LogP contribution < -0.4 is 15.2 Å². The van der Waals surface area contributed by atoms with Crippen molar-refractivity contribution in [2.45, 2.75) is 45.3 Å². The van der Waals surface area contributed by atoms with Crippen molar-refractivity contribution < 1.29 is 9.47 Å². The van der Waals surface area contributed by atoms with Gasteiger partial charge in [-0.25, -0.2) is 0 Å². The lowest BCUT2D eigenvalue weighted by atomic mass is 10.2. The van der Waals surface area contributed by atoms with E-state index in [1.807, 2.05) is 39.0 Å². The van der Waals surface area contributed by atoms with Gasteiger partial charge in [-0.05, 0) is 45.7 Å². The molecule has 3 nitrogen and oxygen atoms in total. The average Bonchev–Trinajstić information content (AvgIpc) is 2.93. The van der Waals surface area contributed by atoms with Gasteiger partial charge in [0.05, 0.1) is 11.8 Å². The first kappa shape index (κ1) is 11.1. The van der Waals surface area contributed by atoms with Crippen LogP contribution in [-0.2, 0) is 0 Å². The topological polar surface area (TPSA) is 44.5 Å². The molecule has 0 amide bonds. The maximum atomic E-state index is 5.92. The number of para-hydroxylation sites is 1. The first-order valence-electron chi connectivity index (χ1n) is 5.70. The largest absolute Gasteiger partial charge is 0.486 e. The maximum absolute atomic E-state index is 5.92. The molecule has 3 heteroatoms. The molecule has 1 aromatic carbocycles. The van der Waals surface area contributed by atoms with E-state index in [0.717, 1.165) is 18.6 Å². The Kier molecular flexibility index (Phi) is 2.70. The Labute approximate surface area is 96.5 Å². The Balaban J connectivity index is 2.24. The van der Waals surface area contributed by atoms with Crippen LogP contribution >= 0.6 is 0 Å². The molecule has 0 unspecified atom stereocenters. The van der Waals surface area contributed by atoms with Crippen LogP contribution in [0.1, 0.15) is 33.6 Å². The molecule has 0 atom stereocenters. The number of ether oxygens (including phenoxy) is 2. The van der Waals surface area contributed by atoms with Crippen molar-refractivity contribution in [2.24, 2.45) is 0 Å². The van der Waals surface area contributed by atoms with E-state index in [1.54, 1.807) is 0 Å². The van der Waals surface area contributed by atoms with Crippen molar-refractivity contribution in [2.75, 3.05) is 5.73 Å².